The second-order valence-corrected chi connectivity index (χ2v) is 10.5. The summed E-state index contributed by atoms with van der Waals surface area (Å²) >= 11 is 0. The molecule has 0 spiro atoms. The van der Waals surface area contributed by atoms with Gasteiger partial charge in [0.1, 0.15) is 0 Å². The molecule has 7 nitrogen and oxygen atoms in total. The number of hydrogen-bond acceptors (Lipinski definition) is 4. The fourth-order valence-corrected chi connectivity index (χ4v) is 4.25. The topological polar surface area (TPSA) is 113 Å². The van der Waals surface area contributed by atoms with Gasteiger partial charge < -0.3 is 14.7 Å². The zero-order valence-corrected chi connectivity index (χ0v) is 20.9. The zero-order valence-electron chi connectivity index (χ0n) is 19.1. The molecule has 0 aromatic carbocycles. The Labute approximate surface area is 187 Å². The van der Waals surface area contributed by atoms with Crippen molar-refractivity contribution in [3.63, 3.8) is 0 Å². The molecule has 31 heavy (non-hydrogen) atoms. The van der Waals surface area contributed by atoms with Gasteiger partial charge in [-0.15, -0.1) is 6.58 Å². The van der Waals surface area contributed by atoms with E-state index in [1.54, 1.807) is 12.2 Å². The fraction of sp³-hybridized carbons (Fsp3) is 0.545. The highest BCUT2D eigenvalue weighted by molar-refractivity contribution is 7.60. The Morgan fingerprint density at radius 1 is 0.839 bits per heavy atom. The van der Waals surface area contributed by atoms with Crippen LogP contribution in [-0.2, 0) is 18.0 Å². The van der Waals surface area contributed by atoms with E-state index in [2.05, 4.69) is 61.3 Å². The van der Waals surface area contributed by atoms with Crippen molar-refractivity contribution >= 4 is 15.6 Å². The van der Waals surface area contributed by atoms with Crippen LogP contribution >= 0.6 is 15.6 Å². The molecule has 0 aliphatic heterocycles. The van der Waals surface area contributed by atoms with E-state index < -0.39 is 15.6 Å². The molecule has 3 N–H and O–H groups in total. The first-order valence-corrected chi connectivity index (χ1v) is 13.3. The molecule has 0 amide bonds. The van der Waals surface area contributed by atoms with E-state index in [-0.39, 0.29) is 6.61 Å². The van der Waals surface area contributed by atoms with Crippen LogP contribution in [-0.4, -0.2) is 21.3 Å². The summed E-state index contributed by atoms with van der Waals surface area (Å²) in [5.74, 6) is 0. The Hall–Kier alpha value is -1.04. The molecule has 0 radical (unpaired) electrons. The van der Waals surface area contributed by atoms with Crippen molar-refractivity contribution in [2.24, 2.45) is 0 Å². The van der Waals surface area contributed by atoms with E-state index in [9.17, 15) is 14.0 Å². The average molecular weight is 476 g/mol. The van der Waals surface area contributed by atoms with Crippen molar-refractivity contribution < 1.29 is 32.6 Å². The molecule has 0 aliphatic rings. The molecule has 0 saturated heterocycles. The maximum atomic E-state index is 11.5. The molecule has 178 valence electrons. The first kappa shape index (κ1) is 30.0. The third-order valence-electron chi connectivity index (χ3n) is 4.31. The van der Waals surface area contributed by atoms with Crippen LogP contribution in [0.2, 0.25) is 0 Å². The third-order valence-corrected chi connectivity index (χ3v) is 6.46. The maximum absolute atomic E-state index is 11.5. The van der Waals surface area contributed by atoms with Crippen LogP contribution in [0.5, 0.6) is 0 Å². The number of phosphoric ester groups is 1. The summed E-state index contributed by atoms with van der Waals surface area (Å²) < 4.78 is 30.5. The highest BCUT2D eigenvalue weighted by Crippen LogP contribution is 2.57. The normalized spacial score (nSPS) is 15.5. The quantitative estimate of drug-likeness (QED) is 0.164. The standard InChI is InChI=1S/C22H38O7P2/c1-6-10-22(17-18-28-31(26,27)29-30(23,24)25)16-9-15-21(5)14-8-13-20(4)12-7-11-19(2)3/h6,11,13,15,17H,1,7-10,12,14,16,18H2,2-5H3,(H,26,27)(H2,23,24,25)/b20-13+,21-15+,22-17+. The van der Waals surface area contributed by atoms with Gasteiger partial charge in [-0.1, -0.05) is 52.7 Å². The maximum Gasteiger partial charge on any atom is 0.481 e. The van der Waals surface area contributed by atoms with E-state index in [0.29, 0.717) is 6.42 Å². The van der Waals surface area contributed by atoms with Gasteiger partial charge in [-0.05, 0) is 72.6 Å². The van der Waals surface area contributed by atoms with Gasteiger partial charge in [0.15, 0.2) is 0 Å². The zero-order chi connectivity index (χ0) is 23.9. The van der Waals surface area contributed by atoms with Crippen LogP contribution in [0.4, 0.5) is 0 Å². The first-order chi connectivity index (χ1) is 14.3. The lowest BCUT2D eigenvalue weighted by atomic mass is 10.0. The third kappa shape index (κ3) is 19.4. The van der Waals surface area contributed by atoms with Crippen molar-refractivity contribution in [3.8, 4) is 0 Å². The van der Waals surface area contributed by atoms with Crippen LogP contribution in [0.15, 0.2) is 59.3 Å². The average Bonchev–Trinajstić information content (AvgIpc) is 2.59. The second-order valence-electron chi connectivity index (χ2n) is 7.69. The molecule has 0 aliphatic carbocycles. The largest absolute Gasteiger partial charge is 0.481 e. The smallest absolute Gasteiger partial charge is 0.302 e. The van der Waals surface area contributed by atoms with Crippen molar-refractivity contribution in [1.82, 2.24) is 0 Å². The molecule has 0 fully saturated rings. The Morgan fingerprint density at radius 3 is 1.84 bits per heavy atom. The summed E-state index contributed by atoms with van der Waals surface area (Å²) in [6, 6.07) is 0. The highest BCUT2D eigenvalue weighted by atomic mass is 31.3. The van der Waals surface area contributed by atoms with Gasteiger partial charge in [0, 0.05) is 0 Å². The molecule has 0 bridgehead atoms. The van der Waals surface area contributed by atoms with E-state index >= 15 is 0 Å². The van der Waals surface area contributed by atoms with Crippen molar-refractivity contribution in [2.75, 3.05) is 6.61 Å². The molecular formula is C22H38O7P2. The Balaban J connectivity index is 4.50. The molecule has 0 aromatic heterocycles. The van der Waals surface area contributed by atoms with Gasteiger partial charge in [0.2, 0.25) is 0 Å². The minimum atomic E-state index is -5.11. The summed E-state index contributed by atoms with van der Waals surface area (Å²) in [4.78, 5) is 26.5. The van der Waals surface area contributed by atoms with Crippen LogP contribution in [0, 0.1) is 0 Å². The SMILES string of the molecule is C=CC/C(=C\COP(=O)(O)OP(=O)(O)O)CC/C=C(\C)CC/C=C(\C)CCC=C(C)C. The summed E-state index contributed by atoms with van der Waals surface area (Å²) in [6.45, 7) is 11.9. The minimum Gasteiger partial charge on any atom is -0.302 e. The summed E-state index contributed by atoms with van der Waals surface area (Å²) in [7, 11) is -9.93. The molecule has 9 heteroatoms. The highest BCUT2D eigenvalue weighted by Gasteiger charge is 2.31. The molecule has 1 unspecified atom stereocenters. The van der Waals surface area contributed by atoms with Crippen LogP contribution in [0.1, 0.15) is 72.6 Å². The van der Waals surface area contributed by atoms with Gasteiger partial charge in [0.25, 0.3) is 0 Å². The van der Waals surface area contributed by atoms with E-state index in [0.717, 1.165) is 44.1 Å². The Morgan fingerprint density at radius 2 is 1.35 bits per heavy atom. The van der Waals surface area contributed by atoms with Gasteiger partial charge in [-0.25, -0.2) is 9.13 Å². The van der Waals surface area contributed by atoms with Crippen LogP contribution in [0.25, 0.3) is 0 Å². The lowest BCUT2D eigenvalue weighted by molar-refractivity contribution is 0.191. The molecule has 0 rings (SSSR count). The number of allylic oxidation sites excluding steroid dienone is 8. The first-order valence-electron chi connectivity index (χ1n) is 10.3. The fourth-order valence-electron chi connectivity index (χ4n) is 2.72. The Bertz CT molecular complexity index is 769. The minimum absolute atomic E-state index is 0.295. The second kappa shape index (κ2) is 15.7. The van der Waals surface area contributed by atoms with Gasteiger partial charge >= 0.3 is 15.6 Å². The van der Waals surface area contributed by atoms with Crippen molar-refractivity contribution in [3.05, 3.63) is 59.3 Å². The van der Waals surface area contributed by atoms with E-state index in [1.807, 2.05) is 0 Å². The Kier molecular flexibility index (Phi) is 15.2. The van der Waals surface area contributed by atoms with Crippen LogP contribution < -0.4 is 0 Å². The van der Waals surface area contributed by atoms with Gasteiger partial charge in [-0.3, -0.25) is 4.52 Å². The molecular weight excluding hydrogens is 438 g/mol. The molecule has 1 atom stereocenters. The van der Waals surface area contributed by atoms with Crippen molar-refractivity contribution in [2.45, 2.75) is 72.6 Å². The van der Waals surface area contributed by atoms with Crippen LogP contribution in [0.3, 0.4) is 0 Å². The monoisotopic (exact) mass is 476 g/mol. The van der Waals surface area contributed by atoms with Crippen molar-refractivity contribution in [1.29, 1.82) is 0 Å². The molecule has 0 saturated carbocycles. The summed E-state index contributed by atoms with van der Waals surface area (Å²) in [6.07, 6.45) is 16.3. The van der Waals surface area contributed by atoms with Gasteiger partial charge in [-0.2, -0.15) is 4.31 Å². The van der Waals surface area contributed by atoms with E-state index in [4.69, 9.17) is 9.79 Å². The number of phosphoric acid groups is 2. The number of rotatable bonds is 16. The predicted octanol–water partition coefficient (Wildman–Crippen LogP) is 6.91. The summed E-state index contributed by atoms with van der Waals surface area (Å²) in [5, 5.41) is 0. The molecule has 0 heterocycles. The van der Waals surface area contributed by atoms with E-state index in [1.165, 1.54) is 16.7 Å². The van der Waals surface area contributed by atoms with Gasteiger partial charge in [0.05, 0.1) is 6.61 Å². The predicted molar refractivity (Wildman–Crippen MR) is 126 cm³/mol. The summed E-state index contributed by atoms with van der Waals surface area (Å²) in [5.41, 5.74) is 5.01. The number of hydrogen-bond donors (Lipinski definition) is 3. The lowest BCUT2D eigenvalue weighted by Crippen LogP contribution is -1.95. The lowest BCUT2D eigenvalue weighted by Gasteiger charge is -2.11. The molecule has 0 aromatic rings.